The van der Waals surface area contributed by atoms with E-state index in [1.165, 1.54) is 5.56 Å². The molecule has 0 aromatic heterocycles. The summed E-state index contributed by atoms with van der Waals surface area (Å²) in [7, 11) is 0. The molecule has 23 heavy (non-hydrogen) atoms. The highest BCUT2D eigenvalue weighted by Gasteiger charge is 2.52. The Bertz CT molecular complexity index is 492. The number of hydrogen-bond acceptors (Lipinski definition) is 5. The van der Waals surface area contributed by atoms with Gasteiger partial charge in [0, 0.05) is 0 Å². The summed E-state index contributed by atoms with van der Waals surface area (Å²) in [4.78, 5) is 17.4. The van der Waals surface area contributed by atoms with E-state index in [2.05, 4.69) is 6.07 Å². The summed E-state index contributed by atoms with van der Waals surface area (Å²) < 4.78 is 5.07. The van der Waals surface area contributed by atoms with Crippen LogP contribution in [0, 0.1) is 12.8 Å². The molecule has 0 aliphatic carbocycles. The fourth-order valence-electron chi connectivity index (χ4n) is 2.78. The van der Waals surface area contributed by atoms with Gasteiger partial charge in [0.05, 0.1) is 25.7 Å². The Morgan fingerprint density at radius 3 is 2.57 bits per heavy atom. The van der Waals surface area contributed by atoms with Gasteiger partial charge in [-0.2, -0.15) is 5.06 Å². The number of benzene rings is 1. The van der Waals surface area contributed by atoms with Crippen LogP contribution >= 0.6 is 0 Å². The van der Waals surface area contributed by atoms with Gasteiger partial charge in [-0.15, -0.1) is 0 Å². The Kier molecular flexibility index (Phi) is 8.23. The first-order chi connectivity index (χ1) is 11.2. The number of hydroxylamine groups is 2. The molecule has 130 valence electrons. The van der Waals surface area contributed by atoms with E-state index in [-0.39, 0.29) is 24.6 Å². The van der Waals surface area contributed by atoms with Crippen LogP contribution in [0.5, 0.6) is 0 Å². The van der Waals surface area contributed by atoms with Crippen LogP contribution in [-0.2, 0) is 20.9 Å². The Labute approximate surface area is 139 Å². The van der Waals surface area contributed by atoms with Crippen molar-refractivity contribution in [1.29, 1.82) is 0 Å². The standard InChI is InChI=1S/C14H17NO4.2C2H6/c1-9-3-2-4-10(5-9)6-15-13-11(8-18-14(13)17)12(7-16)19-15;2*1-2/h2-5,11-13,16H,6-8H2,1H3;2*1-2H3/t11-,12?,13+;;/m1../s1. The monoisotopic (exact) mass is 323 g/mol. The van der Waals surface area contributed by atoms with Gasteiger partial charge in [-0.25, -0.2) is 0 Å². The molecule has 2 heterocycles. The highest BCUT2D eigenvalue weighted by Crippen LogP contribution is 2.34. The molecule has 5 nitrogen and oxygen atoms in total. The van der Waals surface area contributed by atoms with Gasteiger partial charge in [0.15, 0.2) is 0 Å². The normalized spacial score (nSPS) is 25.7. The average Bonchev–Trinajstić information content (AvgIpc) is 3.13. The SMILES string of the molecule is CC.CC.Cc1cccc(CN2OC(CO)[C@H]3COC(=O)[C@H]32)c1. The molecule has 0 amide bonds. The maximum Gasteiger partial charge on any atom is 0.326 e. The van der Waals surface area contributed by atoms with Gasteiger partial charge >= 0.3 is 5.97 Å². The van der Waals surface area contributed by atoms with Crippen LogP contribution in [0.25, 0.3) is 0 Å². The summed E-state index contributed by atoms with van der Waals surface area (Å²) in [6.45, 7) is 10.8. The third-order valence-corrected chi connectivity index (χ3v) is 3.72. The van der Waals surface area contributed by atoms with Crippen LogP contribution in [0.3, 0.4) is 0 Å². The molecule has 2 saturated heterocycles. The number of aliphatic hydroxyl groups is 1. The zero-order chi connectivity index (χ0) is 17.4. The van der Waals surface area contributed by atoms with Crippen molar-refractivity contribution in [3.05, 3.63) is 35.4 Å². The molecular weight excluding hydrogens is 294 g/mol. The summed E-state index contributed by atoms with van der Waals surface area (Å²) in [6.07, 6.45) is -0.346. The van der Waals surface area contributed by atoms with E-state index >= 15 is 0 Å². The fraction of sp³-hybridized carbons (Fsp3) is 0.611. The number of carbonyl (C=O) groups excluding carboxylic acids is 1. The number of cyclic esters (lactones) is 1. The van der Waals surface area contributed by atoms with E-state index in [1.807, 2.05) is 52.8 Å². The number of aryl methyl sites for hydroxylation is 1. The molecule has 0 bridgehead atoms. The second-order valence-electron chi connectivity index (χ2n) is 5.13. The number of aliphatic hydroxyl groups excluding tert-OH is 1. The number of fused-ring (bicyclic) bond motifs is 1. The minimum atomic E-state index is -0.391. The maximum atomic E-state index is 11.8. The summed E-state index contributed by atoms with van der Waals surface area (Å²) in [5.41, 5.74) is 2.25. The highest BCUT2D eigenvalue weighted by atomic mass is 16.7. The van der Waals surface area contributed by atoms with Crippen molar-refractivity contribution < 1.29 is 19.5 Å². The van der Waals surface area contributed by atoms with Crippen molar-refractivity contribution >= 4 is 5.97 Å². The van der Waals surface area contributed by atoms with E-state index in [4.69, 9.17) is 9.57 Å². The lowest BCUT2D eigenvalue weighted by Crippen LogP contribution is -2.34. The van der Waals surface area contributed by atoms with Gasteiger partial charge in [-0.3, -0.25) is 9.63 Å². The number of ether oxygens (including phenoxy) is 1. The predicted octanol–water partition coefficient (Wildman–Crippen LogP) is 2.70. The molecule has 1 aromatic rings. The van der Waals surface area contributed by atoms with Crippen LogP contribution < -0.4 is 0 Å². The van der Waals surface area contributed by atoms with Gasteiger partial charge in [-0.05, 0) is 12.5 Å². The van der Waals surface area contributed by atoms with E-state index in [9.17, 15) is 9.90 Å². The summed E-state index contributed by atoms with van der Waals surface area (Å²) >= 11 is 0. The first-order valence-corrected chi connectivity index (χ1v) is 8.45. The zero-order valence-corrected chi connectivity index (χ0v) is 14.8. The number of nitrogens with zero attached hydrogens (tertiary/aromatic N) is 1. The van der Waals surface area contributed by atoms with Gasteiger partial charge in [0.1, 0.15) is 12.1 Å². The third kappa shape index (κ3) is 4.53. The lowest BCUT2D eigenvalue weighted by atomic mass is 9.98. The van der Waals surface area contributed by atoms with Crippen LogP contribution in [0.2, 0.25) is 0 Å². The minimum Gasteiger partial charge on any atom is -0.464 e. The Hall–Kier alpha value is -1.43. The second kappa shape index (κ2) is 9.65. The smallest absolute Gasteiger partial charge is 0.326 e. The molecule has 2 aliphatic heterocycles. The number of esters is 1. The lowest BCUT2D eigenvalue weighted by molar-refractivity contribution is -0.192. The summed E-state index contributed by atoms with van der Waals surface area (Å²) in [5.74, 6) is -0.323. The van der Waals surface area contributed by atoms with E-state index in [0.717, 1.165) is 5.56 Å². The predicted molar refractivity (Wildman–Crippen MR) is 89.6 cm³/mol. The number of hydrogen-bond donors (Lipinski definition) is 1. The van der Waals surface area contributed by atoms with Gasteiger partial charge < -0.3 is 9.84 Å². The van der Waals surface area contributed by atoms with E-state index in [0.29, 0.717) is 13.2 Å². The van der Waals surface area contributed by atoms with Crippen molar-refractivity contribution in [1.82, 2.24) is 5.06 Å². The van der Waals surface area contributed by atoms with Crippen LogP contribution in [0.15, 0.2) is 24.3 Å². The molecule has 1 aromatic carbocycles. The fourth-order valence-corrected chi connectivity index (χ4v) is 2.78. The van der Waals surface area contributed by atoms with Crippen molar-refractivity contribution in [2.75, 3.05) is 13.2 Å². The number of carbonyl (C=O) groups is 1. The third-order valence-electron chi connectivity index (χ3n) is 3.72. The quantitative estimate of drug-likeness (QED) is 0.867. The van der Waals surface area contributed by atoms with Gasteiger partial charge in [0.2, 0.25) is 0 Å². The highest BCUT2D eigenvalue weighted by molar-refractivity contribution is 5.78. The number of rotatable bonds is 3. The second-order valence-corrected chi connectivity index (χ2v) is 5.13. The van der Waals surface area contributed by atoms with Crippen LogP contribution in [-0.4, -0.2) is 41.5 Å². The molecule has 3 atom stereocenters. The molecule has 2 fully saturated rings. The first-order valence-electron chi connectivity index (χ1n) is 8.45. The van der Waals surface area contributed by atoms with Crippen molar-refractivity contribution in [2.45, 2.75) is 53.3 Å². The molecule has 5 heteroatoms. The van der Waals surface area contributed by atoms with Crippen LogP contribution in [0.1, 0.15) is 38.8 Å². The van der Waals surface area contributed by atoms with Gasteiger partial charge in [-0.1, -0.05) is 57.5 Å². The summed E-state index contributed by atoms with van der Waals surface area (Å²) in [6, 6.07) is 7.67. The Balaban J connectivity index is 0.000000615. The van der Waals surface area contributed by atoms with Gasteiger partial charge in [0.25, 0.3) is 0 Å². The molecular formula is C18H29NO4. The average molecular weight is 323 g/mol. The van der Waals surface area contributed by atoms with Crippen molar-refractivity contribution in [2.24, 2.45) is 5.92 Å². The molecule has 0 radical (unpaired) electrons. The Morgan fingerprint density at radius 2 is 1.96 bits per heavy atom. The topological polar surface area (TPSA) is 59.0 Å². The summed E-state index contributed by atoms with van der Waals surface area (Å²) in [5, 5.41) is 11.0. The largest absolute Gasteiger partial charge is 0.464 e. The Morgan fingerprint density at radius 1 is 1.26 bits per heavy atom. The van der Waals surface area contributed by atoms with Crippen molar-refractivity contribution in [3.63, 3.8) is 0 Å². The maximum absolute atomic E-state index is 11.8. The van der Waals surface area contributed by atoms with Crippen molar-refractivity contribution in [3.8, 4) is 0 Å². The van der Waals surface area contributed by atoms with E-state index in [1.54, 1.807) is 5.06 Å². The van der Waals surface area contributed by atoms with Crippen LogP contribution in [0.4, 0.5) is 0 Å². The van der Waals surface area contributed by atoms with E-state index < -0.39 is 6.04 Å². The molecule has 0 saturated carbocycles. The first kappa shape index (κ1) is 19.6. The molecule has 0 spiro atoms. The molecule has 1 unspecified atom stereocenters. The zero-order valence-electron chi connectivity index (χ0n) is 14.8. The lowest BCUT2D eigenvalue weighted by Gasteiger charge is -2.19. The molecule has 3 rings (SSSR count). The molecule has 1 N–H and O–H groups in total. The molecule has 2 aliphatic rings. The minimum absolute atomic E-state index is 0.0673.